The maximum atomic E-state index is 6.40. The van der Waals surface area contributed by atoms with Crippen molar-refractivity contribution in [2.45, 2.75) is 12.3 Å². The average Bonchev–Trinajstić information content (AvgIpc) is 3.89. The Labute approximate surface area is 343 Å². The van der Waals surface area contributed by atoms with Gasteiger partial charge in [0, 0.05) is 44.0 Å². The molecule has 0 bridgehead atoms. The molecule has 5 nitrogen and oxygen atoms in total. The highest BCUT2D eigenvalue weighted by atomic mass is 16.3. The quantitative estimate of drug-likeness (QED) is 0.167. The minimum atomic E-state index is -0.0877. The molecular formula is C55H33N3O2. The fraction of sp³-hybridized carbons (Fsp3) is 0.0364. The SMILES string of the molecule is C1=c2cccc(-c3cccc4oc5ccccc5c34)c2=CCC1c1nc(-c2cc3ccccc3c3ccccc23)nc(-c2cccc3ccc4oc5ccccc5c4c23)n1. The minimum absolute atomic E-state index is 0.0877. The van der Waals surface area contributed by atoms with E-state index in [1.54, 1.807) is 0 Å². The van der Waals surface area contributed by atoms with E-state index in [1.165, 1.54) is 27.1 Å². The van der Waals surface area contributed by atoms with Gasteiger partial charge in [-0.1, -0.05) is 152 Å². The van der Waals surface area contributed by atoms with E-state index in [9.17, 15) is 0 Å². The molecule has 0 fully saturated rings. The summed E-state index contributed by atoms with van der Waals surface area (Å²) < 4.78 is 12.7. The molecule has 1 atom stereocenters. The Morgan fingerprint density at radius 3 is 1.83 bits per heavy atom. The molecule has 3 heterocycles. The lowest BCUT2D eigenvalue weighted by molar-refractivity contribution is 0.668. The Balaban J connectivity index is 1.05. The first-order valence-electron chi connectivity index (χ1n) is 20.5. The van der Waals surface area contributed by atoms with Crippen LogP contribution < -0.4 is 10.4 Å². The third-order valence-corrected chi connectivity index (χ3v) is 12.4. The van der Waals surface area contributed by atoms with Crippen molar-refractivity contribution in [3.05, 3.63) is 186 Å². The van der Waals surface area contributed by atoms with Gasteiger partial charge in [-0.2, -0.15) is 0 Å². The van der Waals surface area contributed by atoms with Crippen molar-refractivity contribution in [1.29, 1.82) is 0 Å². The number of rotatable bonds is 4. The number of hydrogen-bond acceptors (Lipinski definition) is 5. The van der Waals surface area contributed by atoms with E-state index in [0.29, 0.717) is 11.6 Å². The monoisotopic (exact) mass is 767 g/mol. The van der Waals surface area contributed by atoms with Crippen LogP contribution in [0.2, 0.25) is 0 Å². The van der Waals surface area contributed by atoms with Gasteiger partial charge in [-0.15, -0.1) is 0 Å². The standard InChI is InChI=1S/C55H33N3O2/c1-2-15-36-34(12-1)31-45(40-17-4-3-16-38(36)40)55-57-53(56-54(58-55)44-22-9-13-32-27-29-49-52(50(32)44)43-19-6-8-24-47(43)60-49)35-26-28-37-33(30-35)14-10-20-39(37)41-21-11-25-48-51(41)42-18-5-7-23-46(42)59-48/h1-25,27-31,35H,26H2. The molecule has 0 radical (unpaired) electrons. The molecule has 0 amide bonds. The van der Waals surface area contributed by atoms with E-state index in [0.717, 1.165) is 94.0 Å². The largest absolute Gasteiger partial charge is 0.456 e. The summed E-state index contributed by atoms with van der Waals surface area (Å²) in [6.07, 6.45) is 5.45. The Bertz CT molecular complexity index is 3900. The van der Waals surface area contributed by atoms with Crippen LogP contribution in [-0.2, 0) is 0 Å². The Morgan fingerprint density at radius 1 is 0.400 bits per heavy atom. The summed E-state index contributed by atoms with van der Waals surface area (Å²) in [6, 6.07) is 59.5. The van der Waals surface area contributed by atoms with Crippen molar-refractivity contribution < 1.29 is 8.83 Å². The number of benzene rings is 9. The topological polar surface area (TPSA) is 65.0 Å². The van der Waals surface area contributed by atoms with Gasteiger partial charge in [0.1, 0.15) is 28.2 Å². The first kappa shape index (κ1) is 33.1. The lowest BCUT2D eigenvalue weighted by atomic mass is 9.91. The molecule has 0 N–H and O–H groups in total. The third-order valence-electron chi connectivity index (χ3n) is 12.4. The van der Waals surface area contributed by atoms with Crippen LogP contribution in [0, 0.1) is 0 Å². The molecule has 9 aromatic carbocycles. The molecule has 0 spiro atoms. The zero-order valence-corrected chi connectivity index (χ0v) is 32.3. The zero-order chi connectivity index (χ0) is 39.3. The normalized spacial score (nSPS) is 14.0. The number of para-hydroxylation sites is 2. The summed E-state index contributed by atoms with van der Waals surface area (Å²) in [5, 5.41) is 13.6. The molecule has 1 unspecified atom stereocenters. The molecule has 1 aliphatic rings. The number of furan rings is 2. The molecule has 1 aliphatic carbocycles. The Kier molecular flexibility index (Phi) is 7.07. The van der Waals surface area contributed by atoms with Crippen LogP contribution in [-0.4, -0.2) is 15.0 Å². The molecular weight excluding hydrogens is 735 g/mol. The van der Waals surface area contributed by atoms with Crippen molar-refractivity contribution in [1.82, 2.24) is 15.0 Å². The van der Waals surface area contributed by atoms with Crippen molar-refractivity contribution in [2.24, 2.45) is 0 Å². The van der Waals surface area contributed by atoms with Gasteiger partial charge in [0.2, 0.25) is 0 Å². The maximum Gasteiger partial charge on any atom is 0.164 e. The van der Waals surface area contributed by atoms with Gasteiger partial charge in [-0.05, 0) is 85.2 Å². The van der Waals surface area contributed by atoms with E-state index < -0.39 is 0 Å². The number of fused-ring (bicyclic) bond motifs is 12. The predicted octanol–water partition coefficient (Wildman–Crippen LogP) is 12.9. The highest BCUT2D eigenvalue weighted by molar-refractivity contribution is 6.22. The van der Waals surface area contributed by atoms with Gasteiger partial charge >= 0.3 is 0 Å². The lowest BCUT2D eigenvalue weighted by Crippen LogP contribution is -2.30. The number of aromatic nitrogens is 3. The van der Waals surface area contributed by atoms with Gasteiger partial charge in [0.15, 0.2) is 11.6 Å². The summed E-state index contributed by atoms with van der Waals surface area (Å²) in [4.78, 5) is 16.2. The second-order valence-electron chi connectivity index (χ2n) is 15.8. The van der Waals surface area contributed by atoms with E-state index in [4.69, 9.17) is 23.8 Å². The highest BCUT2D eigenvalue weighted by Crippen LogP contribution is 2.41. The predicted molar refractivity (Wildman–Crippen MR) is 245 cm³/mol. The zero-order valence-electron chi connectivity index (χ0n) is 32.3. The minimum Gasteiger partial charge on any atom is -0.456 e. The third kappa shape index (κ3) is 4.96. The molecule has 5 heteroatoms. The van der Waals surface area contributed by atoms with Crippen LogP contribution in [0.5, 0.6) is 0 Å². The first-order chi connectivity index (χ1) is 29.7. The van der Waals surface area contributed by atoms with Gasteiger partial charge in [0.05, 0.1) is 0 Å². The maximum absolute atomic E-state index is 6.40. The van der Waals surface area contributed by atoms with Gasteiger partial charge in [0.25, 0.3) is 0 Å². The lowest BCUT2D eigenvalue weighted by Gasteiger charge is -2.18. The van der Waals surface area contributed by atoms with E-state index in [1.807, 2.05) is 24.3 Å². The summed E-state index contributed by atoms with van der Waals surface area (Å²) in [5.74, 6) is 1.95. The van der Waals surface area contributed by atoms with E-state index in [2.05, 4.69) is 158 Å². The van der Waals surface area contributed by atoms with Crippen LogP contribution in [0.1, 0.15) is 18.2 Å². The fourth-order valence-corrected chi connectivity index (χ4v) is 9.72. The summed E-state index contributed by atoms with van der Waals surface area (Å²) in [7, 11) is 0. The summed E-state index contributed by atoms with van der Waals surface area (Å²) in [5.41, 5.74) is 7.77. The van der Waals surface area contributed by atoms with Gasteiger partial charge < -0.3 is 8.83 Å². The molecule has 0 aliphatic heterocycles. The molecule has 60 heavy (non-hydrogen) atoms. The summed E-state index contributed by atoms with van der Waals surface area (Å²) >= 11 is 0. The van der Waals surface area contributed by atoms with Crippen molar-refractivity contribution in [3.63, 3.8) is 0 Å². The molecule has 0 saturated carbocycles. The smallest absolute Gasteiger partial charge is 0.164 e. The van der Waals surface area contributed by atoms with Crippen molar-refractivity contribution in [2.75, 3.05) is 0 Å². The molecule has 280 valence electrons. The van der Waals surface area contributed by atoms with Crippen LogP contribution in [0.25, 0.3) is 122 Å². The van der Waals surface area contributed by atoms with Crippen LogP contribution in [0.4, 0.5) is 0 Å². The Hall–Kier alpha value is -7.89. The average molecular weight is 768 g/mol. The van der Waals surface area contributed by atoms with Crippen LogP contribution >= 0.6 is 0 Å². The summed E-state index contributed by atoms with van der Waals surface area (Å²) in [6.45, 7) is 0. The first-order valence-corrected chi connectivity index (χ1v) is 20.5. The fourth-order valence-electron chi connectivity index (χ4n) is 9.72. The molecule has 0 saturated heterocycles. The van der Waals surface area contributed by atoms with E-state index >= 15 is 0 Å². The van der Waals surface area contributed by atoms with Crippen molar-refractivity contribution >= 4 is 88.3 Å². The van der Waals surface area contributed by atoms with Crippen molar-refractivity contribution in [3.8, 4) is 33.9 Å². The molecule has 13 rings (SSSR count). The van der Waals surface area contributed by atoms with Crippen LogP contribution in [0.15, 0.2) is 179 Å². The second-order valence-corrected chi connectivity index (χ2v) is 15.8. The second kappa shape index (κ2) is 12.8. The molecule has 3 aromatic heterocycles. The van der Waals surface area contributed by atoms with Gasteiger partial charge in [-0.25, -0.2) is 15.0 Å². The van der Waals surface area contributed by atoms with E-state index in [-0.39, 0.29) is 5.92 Å². The van der Waals surface area contributed by atoms with Crippen LogP contribution in [0.3, 0.4) is 0 Å². The van der Waals surface area contributed by atoms with Gasteiger partial charge in [-0.3, -0.25) is 0 Å². The number of hydrogen-bond donors (Lipinski definition) is 0. The highest BCUT2D eigenvalue weighted by Gasteiger charge is 2.23. The Morgan fingerprint density at radius 2 is 1.00 bits per heavy atom. The molecule has 12 aromatic rings. The number of nitrogens with zero attached hydrogens (tertiary/aromatic N) is 3.